The lowest BCUT2D eigenvalue weighted by molar-refractivity contribution is -0.135. The molecule has 0 aliphatic carbocycles. The van der Waals surface area contributed by atoms with Gasteiger partial charge in [-0.25, -0.2) is 0 Å². The molecule has 1 unspecified atom stereocenters. The van der Waals surface area contributed by atoms with Gasteiger partial charge < -0.3 is 16.0 Å². The molecule has 0 bridgehead atoms. The second kappa shape index (κ2) is 10.2. The lowest BCUT2D eigenvalue weighted by atomic mass is 9.82. The van der Waals surface area contributed by atoms with Crippen LogP contribution in [-0.2, 0) is 9.59 Å². The second-order valence-electron chi connectivity index (χ2n) is 8.01. The van der Waals surface area contributed by atoms with E-state index in [-0.39, 0.29) is 11.8 Å². The van der Waals surface area contributed by atoms with Crippen molar-refractivity contribution in [2.45, 2.75) is 38.5 Å². The van der Waals surface area contributed by atoms with E-state index in [2.05, 4.69) is 16.0 Å². The van der Waals surface area contributed by atoms with Gasteiger partial charge in [0, 0.05) is 26.1 Å². The second-order valence-corrected chi connectivity index (χ2v) is 10.5. The van der Waals surface area contributed by atoms with Gasteiger partial charge in [-0.15, -0.1) is 0 Å². The van der Waals surface area contributed by atoms with E-state index in [9.17, 15) is 9.59 Å². The molecule has 3 N–H and O–H groups in total. The molecule has 5 nitrogen and oxygen atoms in total. The van der Waals surface area contributed by atoms with Gasteiger partial charge in [-0.3, -0.25) is 9.59 Å². The fraction of sp³-hybridized carbons (Fsp3) is 0.895. The molecule has 2 amide bonds. The highest BCUT2D eigenvalue weighted by Gasteiger charge is 2.43. The van der Waals surface area contributed by atoms with Crippen LogP contribution in [-0.4, -0.2) is 61.0 Å². The summed E-state index contributed by atoms with van der Waals surface area (Å²) in [5.41, 5.74) is -0.560. The van der Waals surface area contributed by atoms with Crippen LogP contribution in [0.3, 0.4) is 0 Å². The van der Waals surface area contributed by atoms with Gasteiger partial charge in [0.25, 0.3) is 0 Å². The maximum atomic E-state index is 12.9. The van der Waals surface area contributed by atoms with E-state index in [0.29, 0.717) is 24.8 Å². The van der Waals surface area contributed by atoms with Crippen LogP contribution in [0.4, 0.5) is 0 Å². The number of nitrogens with one attached hydrogen (secondary N) is 3. The Labute approximate surface area is 166 Å². The molecule has 0 aromatic carbocycles. The van der Waals surface area contributed by atoms with Crippen molar-refractivity contribution in [3.63, 3.8) is 0 Å². The molecule has 0 radical (unpaired) electrons. The molecule has 0 spiro atoms. The van der Waals surface area contributed by atoms with E-state index >= 15 is 0 Å². The Morgan fingerprint density at radius 3 is 2.04 bits per heavy atom. The molecular formula is C19H33N3O2S2. The van der Waals surface area contributed by atoms with E-state index in [1.165, 1.54) is 48.7 Å². The van der Waals surface area contributed by atoms with Crippen LogP contribution < -0.4 is 16.0 Å². The van der Waals surface area contributed by atoms with E-state index in [0.717, 1.165) is 26.1 Å². The zero-order chi connectivity index (χ0) is 18.2. The van der Waals surface area contributed by atoms with Crippen LogP contribution in [0.15, 0.2) is 0 Å². The molecule has 1 atom stereocenters. The molecule has 3 aliphatic heterocycles. The van der Waals surface area contributed by atoms with Crippen LogP contribution in [0.2, 0.25) is 0 Å². The van der Waals surface area contributed by atoms with Gasteiger partial charge in [-0.05, 0) is 73.5 Å². The molecule has 7 heteroatoms. The first-order valence-corrected chi connectivity index (χ1v) is 12.4. The SMILES string of the molecule is O=C(CC1(C(=O)NCC2CCSCC2)CCNC1)NCC1CCSCC1. The first-order chi connectivity index (χ1) is 12.7. The van der Waals surface area contributed by atoms with Gasteiger partial charge in [-0.2, -0.15) is 23.5 Å². The molecule has 3 heterocycles. The zero-order valence-corrected chi connectivity index (χ0v) is 17.3. The monoisotopic (exact) mass is 399 g/mol. The molecule has 26 heavy (non-hydrogen) atoms. The summed E-state index contributed by atoms with van der Waals surface area (Å²) in [6, 6.07) is 0. The van der Waals surface area contributed by atoms with Crippen molar-refractivity contribution in [3.05, 3.63) is 0 Å². The van der Waals surface area contributed by atoms with Gasteiger partial charge in [-0.1, -0.05) is 0 Å². The molecular weight excluding hydrogens is 366 g/mol. The highest BCUT2D eigenvalue weighted by Crippen LogP contribution is 2.31. The highest BCUT2D eigenvalue weighted by molar-refractivity contribution is 7.99. The minimum atomic E-state index is -0.560. The Morgan fingerprint density at radius 2 is 1.50 bits per heavy atom. The van der Waals surface area contributed by atoms with E-state index < -0.39 is 5.41 Å². The van der Waals surface area contributed by atoms with Crippen molar-refractivity contribution in [2.75, 3.05) is 49.2 Å². The van der Waals surface area contributed by atoms with Gasteiger partial charge in [0.1, 0.15) is 0 Å². The summed E-state index contributed by atoms with van der Waals surface area (Å²) >= 11 is 4.01. The number of carbonyl (C=O) groups excluding carboxylic acids is 2. The maximum absolute atomic E-state index is 12.9. The predicted molar refractivity (Wildman–Crippen MR) is 111 cm³/mol. The number of rotatable bonds is 7. The average Bonchev–Trinajstić information content (AvgIpc) is 3.16. The lowest BCUT2D eigenvalue weighted by Gasteiger charge is -2.29. The fourth-order valence-corrected chi connectivity index (χ4v) is 6.53. The third-order valence-electron chi connectivity index (χ3n) is 6.05. The van der Waals surface area contributed by atoms with Crippen molar-refractivity contribution < 1.29 is 9.59 Å². The first kappa shape index (κ1) is 20.3. The van der Waals surface area contributed by atoms with E-state index in [4.69, 9.17) is 0 Å². The summed E-state index contributed by atoms with van der Waals surface area (Å²) in [5.74, 6) is 6.14. The van der Waals surface area contributed by atoms with E-state index in [1.807, 2.05) is 23.5 Å². The van der Waals surface area contributed by atoms with Crippen molar-refractivity contribution in [1.82, 2.24) is 16.0 Å². The third kappa shape index (κ3) is 5.80. The molecule has 3 saturated heterocycles. The average molecular weight is 400 g/mol. The highest BCUT2D eigenvalue weighted by atomic mass is 32.2. The largest absolute Gasteiger partial charge is 0.356 e. The number of thioether (sulfide) groups is 2. The molecule has 0 saturated carbocycles. The molecule has 3 rings (SSSR count). The fourth-order valence-electron chi connectivity index (χ4n) is 4.12. The van der Waals surface area contributed by atoms with Crippen LogP contribution in [0.25, 0.3) is 0 Å². The first-order valence-electron chi connectivity index (χ1n) is 10.1. The van der Waals surface area contributed by atoms with Crippen LogP contribution in [0.1, 0.15) is 38.5 Å². The van der Waals surface area contributed by atoms with Crippen molar-refractivity contribution >= 4 is 35.3 Å². The van der Waals surface area contributed by atoms with Gasteiger partial charge in [0.15, 0.2) is 0 Å². The van der Waals surface area contributed by atoms with Crippen molar-refractivity contribution in [2.24, 2.45) is 17.3 Å². The third-order valence-corrected chi connectivity index (χ3v) is 8.14. The Hall–Kier alpha value is -0.400. The zero-order valence-electron chi connectivity index (χ0n) is 15.7. The maximum Gasteiger partial charge on any atom is 0.228 e. The Morgan fingerprint density at radius 1 is 0.923 bits per heavy atom. The van der Waals surface area contributed by atoms with Crippen LogP contribution in [0.5, 0.6) is 0 Å². The van der Waals surface area contributed by atoms with Crippen LogP contribution >= 0.6 is 23.5 Å². The number of amides is 2. The Kier molecular flexibility index (Phi) is 8.00. The van der Waals surface area contributed by atoms with E-state index in [1.54, 1.807) is 0 Å². The summed E-state index contributed by atoms with van der Waals surface area (Å²) < 4.78 is 0. The summed E-state index contributed by atoms with van der Waals surface area (Å²) in [5, 5.41) is 9.58. The van der Waals surface area contributed by atoms with Crippen molar-refractivity contribution in [3.8, 4) is 0 Å². The number of hydrogen-bond donors (Lipinski definition) is 3. The number of carbonyl (C=O) groups is 2. The Balaban J connectivity index is 1.46. The Bertz CT molecular complexity index is 471. The summed E-state index contributed by atoms with van der Waals surface area (Å²) in [6.07, 6.45) is 5.84. The quantitative estimate of drug-likeness (QED) is 0.610. The molecule has 0 aromatic rings. The predicted octanol–water partition coefficient (Wildman–Crippen LogP) is 1.88. The lowest BCUT2D eigenvalue weighted by Crippen LogP contribution is -2.47. The topological polar surface area (TPSA) is 70.2 Å². The minimum absolute atomic E-state index is 0.0381. The summed E-state index contributed by atoms with van der Waals surface area (Å²) in [7, 11) is 0. The van der Waals surface area contributed by atoms with Gasteiger partial charge >= 0.3 is 0 Å². The molecule has 0 aromatic heterocycles. The minimum Gasteiger partial charge on any atom is -0.356 e. The standard InChI is InChI=1S/C19H33N3O2S2/c23-17(21-12-15-1-7-25-8-2-15)11-19(5-6-20-14-19)18(24)22-13-16-3-9-26-10-4-16/h15-16,20H,1-14H2,(H,21,23)(H,22,24). The summed E-state index contributed by atoms with van der Waals surface area (Å²) in [4.78, 5) is 25.4. The summed E-state index contributed by atoms with van der Waals surface area (Å²) in [6.45, 7) is 2.97. The van der Waals surface area contributed by atoms with Gasteiger partial charge in [0.2, 0.25) is 11.8 Å². The smallest absolute Gasteiger partial charge is 0.228 e. The van der Waals surface area contributed by atoms with Crippen LogP contribution in [0, 0.1) is 17.3 Å². The normalized spacial score (nSPS) is 28.0. The van der Waals surface area contributed by atoms with Crippen molar-refractivity contribution in [1.29, 1.82) is 0 Å². The number of hydrogen-bond acceptors (Lipinski definition) is 5. The molecule has 148 valence electrons. The van der Waals surface area contributed by atoms with Gasteiger partial charge in [0.05, 0.1) is 5.41 Å². The molecule has 3 aliphatic rings. The molecule has 3 fully saturated rings.